The van der Waals surface area contributed by atoms with Gasteiger partial charge in [-0.15, -0.1) is 0 Å². The van der Waals surface area contributed by atoms with Gasteiger partial charge < -0.3 is 5.73 Å². The van der Waals surface area contributed by atoms with Gasteiger partial charge in [0.15, 0.2) is 0 Å². The molecule has 4 aliphatic carbocycles. The number of hydrogen-bond acceptors (Lipinski definition) is 3. The summed E-state index contributed by atoms with van der Waals surface area (Å²) in [5, 5.41) is 0. The number of pyridine rings is 1. The van der Waals surface area contributed by atoms with Crippen molar-refractivity contribution in [3.05, 3.63) is 23.9 Å². The molecule has 4 saturated carbocycles. The molecule has 4 fully saturated rings. The molecule has 1 aromatic heterocycles. The molecule has 2 N–H and O–H groups in total. The van der Waals surface area contributed by atoms with Gasteiger partial charge in [0.2, 0.25) is 0 Å². The van der Waals surface area contributed by atoms with Crippen molar-refractivity contribution in [2.24, 2.45) is 17.8 Å². The Labute approximate surface area is 121 Å². The highest BCUT2D eigenvalue weighted by atomic mass is 15.2. The molecule has 0 radical (unpaired) electrons. The van der Waals surface area contributed by atoms with Crippen molar-refractivity contribution < 1.29 is 0 Å². The van der Waals surface area contributed by atoms with Gasteiger partial charge in [-0.2, -0.15) is 0 Å². The molecule has 20 heavy (non-hydrogen) atoms. The lowest BCUT2D eigenvalue weighted by Gasteiger charge is -2.60. The van der Waals surface area contributed by atoms with Crippen molar-refractivity contribution >= 4 is 5.82 Å². The van der Waals surface area contributed by atoms with E-state index >= 15 is 0 Å². The van der Waals surface area contributed by atoms with E-state index in [9.17, 15) is 0 Å². The summed E-state index contributed by atoms with van der Waals surface area (Å²) in [5.41, 5.74) is 7.59. The second-order valence-corrected chi connectivity index (χ2v) is 7.59. The summed E-state index contributed by atoms with van der Waals surface area (Å²) in [7, 11) is 2.32. The Morgan fingerprint density at radius 2 is 1.80 bits per heavy atom. The molecule has 0 spiro atoms. The maximum atomic E-state index is 5.81. The van der Waals surface area contributed by atoms with Crippen LogP contribution in [0.25, 0.3) is 0 Å². The van der Waals surface area contributed by atoms with Gasteiger partial charge in [-0.1, -0.05) is 0 Å². The maximum Gasteiger partial charge on any atom is 0.123 e. The molecule has 3 nitrogen and oxygen atoms in total. The van der Waals surface area contributed by atoms with Crippen molar-refractivity contribution in [3.8, 4) is 0 Å². The molecule has 0 atom stereocenters. The molecule has 1 heterocycles. The highest BCUT2D eigenvalue weighted by molar-refractivity contribution is 5.31. The zero-order chi connectivity index (χ0) is 13.7. The minimum absolute atomic E-state index is 0.479. The summed E-state index contributed by atoms with van der Waals surface area (Å²) in [6.07, 6.45) is 10.6. The Hall–Kier alpha value is -1.09. The lowest BCUT2D eigenvalue weighted by Crippen LogP contribution is -2.58. The first kappa shape index (κ1) is 12.6. The van der Waals surface area contributed by atoms with Crippen LogP contribution in [0.5, 0.6) is 0 Å². The average molecular weight is 271 g/mol. The third-order valence-electron chi connectivity index (χ3n) is 6.08. The van der Waals surface area contributed by atoms with Crippen LogP contribution in [0.2, 0.25) is 0 Å². The molecule has 0 saturated heterocycles. The van der Waals surface area contributed by atoms with Crippen molar-refractivity contribution in [2.75, 3.05) is 12.8 Å². The number of nitrogens with two attached hydrogens (primary N) is 1. The Balaban J connectivity index is 1.54. The molecule has 0 aliphatic heterocycles. The molecule has 4 bridgehead atoms. The van der Waals surface area contributed by atoms with E-state index in [0.717, 1.165) is 24.3 Å². The number of nitrogen functional groups attached to an aromatic ring is 1. The molecular formula is C17H25N3. The molecule has 3 heteroatoms. The van der Waals surface area contributed by atoms with E-state index < -0.39 is 0 Å². The van der Waals surface area contributed by atoms with Crippen LogP contribution in [0.15, 0.2) is 18.3 Å². The quantitative estimate of drug-likeness (QED) is 0.918. The molecular weight excluding hydrogens is 246 g/mol. The number of anilines is 1. The van der Waals surface area contributed by atoms with Crippen LogP contribution < -0.4 is 5.73 Å². The van der Waals surface area contributed by atoms with E-state index in [0.29, 0.717) is 11.4 Å². The minimum Gasteiger partial charge on any atom is -0.384 e. The van der Waals surface area contributed by atoms with Crippen molar-refractivity contribution in [1.29, 1.82) is 0 Å². The van der Waals surface area contributed by atoms with Gasteiger partial charge >= 0.3 is 0 Å². The lowest BCUT2D eigenvalue weighted by molar-refractivity contribution is -0.0822. The van der Waals surface area contributed by atoms with Crippen LogP contribution in [0.4, 0.5) is 5.82 Å². The molecule has 4 aliphatic rings. The fourth-order valence-corrected chi connectivity index (χ4v) is 5.57. The molecule has 108 valence electrons. The van der Waals surface area contributed by atoms with Gasteiger partial charge in [0, 0.05) is 18.3 Å². The summed E-state index contributed by atoms with van der Waals surface area (Å²) >= 11 is 0. The highest BCUT2D eigenvalue weighted by Crippen LogP contribution is 2.57. The van der Waals surface area contributed by atoms with Crippen LogP contribution in [0, 0.1) is 17.8 Å². The van der Waals surface area contributed by atoms with Crippen LogP contribution in [-0.2, 0) is 6.54 Å². The predicted octanol–water partition coefficient (Wildman–Crippen LogP) is 3.06. The minimum atomic E-state index is 0.479. The summed E-state index contributed by atoms with van der Waals surface area (Å²) in [6, 6.07) is 4.13. The van der Waals surface area contributed by atoms with Crippen molar-refractivity contribution in [2.45, 2.75) is 50.6 Å². The van der Waals surface area contributed by atoms with Crippen LogP contribution >= 0.6 is 0 Å². The molecule has 0 amide bonds. The summed E-state index contributed by atoms with van der Waals surface area (Å²) in [5.74, 6) is 3.66. The first-order chi connectivity index (χ1) is 9.63. The van der Waals surface area contributed by atoms with Gasteiger partial charge in [-0.3, -0.25) is 4.90 Å². The number of nitrogens with zero attached hydrogens (tertiary/aromatic N) is 2. The Morgan fingerprint density at radius 1 is 1.20 bits per heavy atom. The fraction of sp³-hybridized carbons (Fsp3) is 0.706. The molecule has 0 aromatic carbocycles. The Morgan fingerprint density at radius 3 is 2.35 bits per heavy atom. The Bertz CT molecular complexity index is 475. The van der Waals surface area contributed by atoms with E-state index in [1.165, 1.54) is 44.1 Å². The first-order valence-electron chi connectivity index (χ1n) is 8.05. The second kappa shape index (κ2) is 4.45. The number of aromatic nitrogens is 1. The normalized spacial score (nSPS) is 38.6. The lowest BCUT2D eigenvalue weighted by atomic mass is 9.52. The van der Waals surface area contributed by atoms with Crippen LogP contribution in [-0.4, -0.2) is 22.5 Å². The third-order valence-corrected chi connectivity index (χ3v) is 6.08. The van der Waals surface area contributed by atoms with Gasteiger partial charge in [-0.05, 0) is 81.0 Å². The second-order valence-electron chi connectivity index (χ2n) is 7.59. The largest absolute Gasteiger partial charge is 0.384 e. The first-order valence-corrected chi connectivity index (χ1v) is 8.05. The topological polar surface area (TPSA) is 42.2 Å². The van der Waals surface area contributed by atoms with Gasteiger partial charge in [0.1, 0.15) is 5.82 Å². The Kier molecular flexibility index (Phi) is 2.81. The SMILES string of the molecule is CN(Cc1ccnc(N)c1)C12CC3CC(CC(C3)C1)C2. The predicted molar refractivity (Wildman–Crippen MR) is 81.0 cm³/mol. The third kappa shape index (κ3) is 2.03. The summed E-state index contributed by atoms with van der Waals surface area (Å²) < 4.78 is 0. The van der Waals surface area contributed by atoms with Crippen LogP contribution in [0.1, 0.15) is 44.1 Å². The fourth-order valence-electron chi connectivity index (χ4n) is 5.57. The molecule has 0 unspecified atom stereocenters. The number of hydrogen-bond donors (Lipinski definition) is 1. The zero-order valence-electron chi connectivity index (χ0n) is 12.4. The van der Waals surface area contributed by atoms with Gasteiger partial charge in [0.25, 0.3) is 0 Å². The van der Waals surface area contributed by atoms with Crippen LogP contribution in [0.3, 0.4) is 0 Å². The van der Waals surface area contributed by atoms with Crippen molar-refractivity contribution in [3.63, 3.8) is 0 Å². The van der Waals surface area contributed by atoms with E-state index in [4.69, 9.17) is 5.73 Å². The summed E-state index contributed by atoms with van der Waals surface area (Å²) in [4.78, 5) is 6.73. The monoisotopic (exact) mass is 271 g/mol. The summed E-state index contributed by atoms with van der Waals surface area (Å²) in [6.45, 7) is 1.01. The average Bonchev–Trinajstić information content (AvgIpc) is 2.37. The highest BCUT2D eigenvalue weighted by Gasteiger charge is 2.52. The molecule has 1 aromatic rings. The van der Waals surface area contributed by atoms with E-state index in [2.05, 4.69) is 23.0 Å². The van der Waals surface area contributed by atoms with E-state index in [-0.39, 0.29) is 0 Å². The smallest absolute Gasteiger partial charge is 0.123 e. The number of rotatable bonds is 3. The van der Waals surface area contributed by atoms with Gasteiger partial charge in [-0.25, -0.2) is 4.98 Å². The van der Waals surface area contributed by atoms with E-state index in [1.54, 1.807) is 0 Å². The molecule has 5 rings (SSSR count). The van der Waals surface area contributed by atoms with Gasteiger partial charge in [0.05, 0.1) is 0 Å². The van der Waals surface area contributed by atoms with Crippen molar-refractivity contribution in [1.82, 2.24) is 9.88 Å². The standard InChI is InChI=1S/C17H25N3/c1-20(11-12-2-3-19-16(18)7-12)17-8-13-4-14(9-17)6-15(5-13)10-17/h2-3,7,13-15H,4-6,8-11H2,1H3,(H2,18,19). The zero-order valence-corrected chi connectivity index (χ0v) is 12.4. The maximum absolute atomic E-state index is 5.81. The van der Waals surface area contributed by atoms with E-state index in [1.807, 2.05) is 12.3 Å².